The van der Waals surface area contributed by atoms with Gasteiger partial charge in [-0.05, 0) is 64.0 Å². The summed E-state index contributed by atoms with van der Waals surface area (Å²) in [6.45, 7) is 9.46. The van der Waals surface area contributed by atoms with Crippen LogP contribution in [-0.2, 0) is 14.2 Å². The summed E-state index contributed by atoms with van der Waals surface area (Å²) >= 11 is 0. The molecule has 0 unspecified atom stereocenters. The minimum atomic E-state index is 0. The number of halogens is 1. The van der Waals surface area contributed by atoms with E-state index in [9.17, 15) is 0 Å². The number of ether oxygens (including phenoxy) is 3. The van der Waals surface area contributed by atoms with E-state index < -0.39 is 0 Å². The Morgan fingerprint density at radius 2 is 1.76 bits per heavy atom. The Morgan fingerprint density at radius 3 is 2.45 bits per heavy atom. The summed E-state index contributed by atoms with van der Waals surface area (Å²) in [5.41, 5.74) is 0.221. The molecule has 7 nitrogen and oxygen atoms in total. The van der Waals surface area contributed by atoms with E-state index in [1.807, 2.05) is 7.05 Å². The lowest BCUT2D eigenvalue weighted by Crippen LogP contribution is -2.58. The number of rotatable bonds is 9. The second-order valence-corrected chi connectivity index (χ2v) is 8.37. The van der Waals surface area contributed by atoms with Gasteiger partial charge in [0.1, 0.15) is 0 Å². The van der Waals surface area contributed by atoms with Crippen molar-refractivity contribution in [3.05, 3.63) is 0 Å². The van der Waals surface area contributed by atoms with Crippen LogP contribution in [0.25, 0.3) is 0 Å². The van der Waals surface area contributed by atoms with Crippen molar-refractivity contribution in [1.29, 1.82) is 0 Å². The molecule has 29 heavy (non-hydrogen) atoms. The van der Waals surface area contributed by atoms with E-state index in [-0.39, 0.29) is 29.5 Å². The van der Waals surface area contributed by atoms with Crippen LogP contribution in [0.4, 0.5) is 0 Å². The number of hydrogen-bond acceptors (Lipinski definition) is 5. The molecule has 170 valence electrons. The van der Waals surface area contributed by atoms with E-state index in [1.54, 1.807) is 0 Å². The highest BCUT2D eigenvalue weighted by Gasteiger charge is 2.39. The summed E-state index contributed by atoms with van der Waals surface area (Å²) in [6, 6.07) is 0. The van der Waals surface area contributed by atoms with Gasteiger partial charge in [0, 0.05) is 65.3 Å². The van der Waals surface area contributed by atoms with Crippen LogP contribution in [0.1, 0.15) is 44.9 Å². The van der Waals surface area contributed by atoms with E-state index in [1.165, 1.54) is 25.9 Å². The van der Waals surface area contributed by atoms with Crippen LogP contribution >= 0.6 is 24.0 Å². The van der Waals surface area contributed by atoms with Crippen molar-refractivity contribution < 1.29 is 14.2 Å². The van der Waals surface area contributed by atoms with E-state index in [2.05, 4.69) is 20.5 Å². The molecule has 2 N–H and O–H groups in total. The summed E-state index contributed by atoms with van der Waals surface area (Å²) in [7, 11) is 1.85. The van der Waals surface area contributed by atoms with Gasteiger partial charge in [0.2, 0.25) is 0 Å². The lowest BCUT2D eigenvalue weighted by Gasteiger charge is -2.45. The molecule has 3 saturated heterocycles. The lowest BCUT2D eigenvalue weighted by molar-refractivity contribution is -0.0164. The van der Waals surface area contributed by atoms with E-state index in [4.69, 9.17) is 14.2 Å². The van der Waals surface area contributed by atoms with Gasteiger partial charge in [0.15, 0.2) is 5.96 Å². The van der Waals surface area contributed by atoms with Crippen LogP contribution in [0.15, 0.2) is 4.99 Å². The Bertz CT molecular complexity index is 463. The largest absolute Gasteiger partial charge is 0.381 e. The fourth-order valence-electron chi connectivity index (χ4n) is 4.56. The summed E-state index contributed by atoms with van der Waals surface area (Å²) in [5, 5.41) is 7.03. The molecule has 0 aromatic carbocycles. The number of hydrogen-bond donors (Lipinski definition) is 2. The first-order valence-corrected chi connectivity index (χ1v) is 11.3. The molecule has 0 amide bonds. The molecule has 8 heteroatoms. The molecule has 0 radical (unpaired) electrons. The van der Waals surface area contributed by atoms with Crippen molar-refractivity contribution in [2.24, 2.45) is 10.9 Å². The van der Waals surface area contributed by atoms with Gasteiger partial charge in [-0.25, -0.2) is 0 Å². The molecule has 0 atom stereocenters. The first-order chi connectivity index (χ1) is 13.8. The number of guanidine groups is 1. The Labute approximate surface area is 193 Å². The zero-order valence-electron chi connectivity index (χ0n) is 18.1. The molecule has 3 aliphatic rings. The Kier molecular flexibility index (Phi) is 12.1. The zero-order chi connectivity index (χ0) is 19.5. The number of likely N-dealkylation sites (tertiary alicyclic amines) is 1. The van der Waals surface area contributed by atoms with Gasteiger partial charge in [-0.1, -0.05) is 0 Å². The van der Waals surface area contributed by atoms with Gasteiger partial charge in [-0.3, -0.25) is 9.89 Å². The summed E-state index contributed by atoms with van der Waals surface area (Å²) < 4.78 is 16.9. The van der Waals surface area contributed by atoms with Gasteiger partial charge >= 0.3 is 0 Å². The minimum Gasteiger partial charge on any atom is -0.381 e. The van der Waals surface area contributed by atoms with Crippen molar-refractivity contribution in [2.45, 2.75) is 50.5 Å². The first kappa shape index (κ1) is 25.1. The summed E-state index contributed by atoms with van der Waals surface area (Å²) in [5.74, 6) is 1.58. The van der Waals surface area contributed by atoms with Gasteiger partial charge in [-0.15, -0.1) is 24.0 Å². The van der Waals surface area contributed by atoms with Gasteiger partial charge in [0.25, 0.3) is 0 Å². The Morgan fingerprint density at radius 1 is 1.07 bits per heavy atom. The van der Waals surface area contributed by atoms with Crippen molar-refractivity contribution in [3.8, 4) is 0 Å². The molecule has 3 fully saturated rings. The first-order valence-electron chi connectivity index (χ1n) is 11.3. The van der Waals surface area contributed by atoms with E-state index >= 15 is 0 Å². The van der Waals surface area contributed by atoms with E-state index in [0.717, 1.165) is 90.8 Å². The maximum atomic E-state index is 5.85. The maximum Gasteiger partial charge on any atom is 0.191 e. The van der Waals surface area contributed by atoms with Gasteiger partial charge < -0.3 is 24.8 Å². The molecular formula is C21H41IN4O3. The molecule has 0 spiro atoms. The smallest absolute Gasteiger partial charge is 0.191 e. The Balaban J connectivity index is 0.00000300. The van der Waals surface area contributed by atoms with Crippen LogP contribution in [0, 0.1) is 5.92 Å². The number of aliphatic imine (C=N–C) groups is 1. The lowest BCUT2D eigenvalue weighted by atomic mass is 9.88. The summed E-state index contributed by atoms with van der Waals surface area (Å²) in [6.07, 6.45) is 8.13. The molecule has 0 aromatic rings. The second kappa shape index (κ2) is 14.0. The van der Waals surface area contributed by atoms with Crippen LogP contribution in [0.3, 0.4) is 0 Å². The molecule has 0 aliphatic carbocycles. The standard InChI is InChI=1S/C21H40N4O3.HI/c1-22-20(23-9-4-12-28-17-19-5-13-26-14-6-19)24-18-21(7-15-27-16-8-21)25-10-2-3-11-25;/h19H,2-18H2,1H3,(H2,22,23,24);1H. The predicted octanol–water partition coefficient (Wildman–Crippen LogP) is 2.25. The van der Waals surface area contributed by atoms with Crippen molar-refractivity contribution in [1.82, 2.24) is 15.5 Å². The van der Waals surface area contributed by atoms with Crippen LogP contribution in [0.2, 0.25) is 0 Å². The van der Waals surface area contributed by atoms with Crippen LogP contribution in [0.5, 0.6) is 0 Å². The fraction of sp³-hybridized carbons (Fsp3) is 0.952. The third-order valence-electron chi connectivity index (χ3n) is 6.46. The Hall–Kier alpha value is -0.160. The van der Waals surface area contributed by atoms with Crippen molar-refractivity contribution in [3.63, 3.8) is 0 Å². The maximum absolute atomic E-state index is 5.85. The molecule has 0 saturated carbocycles. The highest BCUT2D eigenvalue weighted by atomic mass is 127. The molecule has 3 aliphatic heterocycles. The normalized spacial score (nSPS) is 23.6. The minimum absolute atomic E-state index is 0. The van der Waals surface area contributed by atoms with Gasteiger partial charge in [-0.2, -0.15) is 0 Å². The monoisotopic (exact) mass is 524 g/mol. The van der Waals surface area contributed by atoms with Crippen molar-refractivity contribution in [2.75, 3.05) is 72.9 Å². The molecule has 3 heterocycles. The predicted molar refractivity (Wildman–Crippen MR) is 127 cm³/mol. The highest BCUT2D eigenvalue weighted by Crippen LogP contribution is 2.30. The molecule has 0 bridgehead atoms. The third-order valence-corrected chi connectivity index (χ3v) is 6.46. The number of nitrogens with one attached hydrogen (secondary N) is 2. The fourth-order valence-corrected chi connectivity index (χ4v) is 4.56. The van der Waals surface area contributed by atoms with Gasteiger partial charge in [0.05, 0.1) is 0 Å². The SMILES string of the molecule is CN=C(NCCCOCC1CCOCC1)NCC1(N2CCCC2)CCOCC1.I. The second-order valence-electron chi connectivity index (χ2n) is 8.37. The highest BCUT2D eigenvalue weighted by molar-refractivity contribution is 14.0. The van der Waals surface area contributed by atoms with Crippen LogP contribution < -0.4 is 10.6 Å². The summed E-state index contributed by atoms with van der Waals surface area (Å²) in [4.78, 5) is 7.09. The number of nitrogens with zero attached hydrogens (tertiary/aromatic N) is 2. The van der Waals surface area contributed by atoms with Crippen molar-refractivity contribution >= 4 is 29.9 Å². The molecule has 0 aromatic heterocycles. The molecular weight excluding hydrogens is 483 g/mol. The zero-order valence-corrected chi connectivity index (χ0v) is 20.5. The third kappa shape index (κ3) is 8.12. The van der Waals surface area contributed by atoms with Crippen LogP contribution in [-0.4, -0.2) is 89.3 Å². The van der Waals surface area contributed by atoms with E-state index in [0.29, 0.717) is 5.92 Å². The topological polar surface area (TPSA) is 67.4 Å². The quantitative estimate of drug-likeness (QED) is 0.209. The average Bonchev–Trinajstić information content (AvgIpc) is 3.30. The average molecular weight is 524 g/mol. The molecule has 3 rings (SSSR count).